The normalized spacial score (nSPS) is 10.3. The Labute approximate surface area is 109 Å². The van der Waals surface area contributed by atoms with E-state index in [1.165, 1.54) is 12.1 Å². The molecule has 2 N–H and O–H groups in total. The first-order valence-corrected chi connectivity index (χ1v) is 5.98. The molecule has 0 aliphatic carbocycles. The molecule has 0 saturated carbocycles. The van der Waals surface area contributed by atoms with Crippen LogP contribution >= 0.6 is 0 Å². The molecule has 0 radical (unpaired) electrons. The number of anilines is 3. The molecule has 1 aromatic carbocycles. The summed E-state index contributed by atoms with van der Waals surface area (Å²) in [7, 11) is 0. The van der Waals surface area contributed by atoms with Crippen molar-refractivity contribution in [2.75, 3.05) is 17.2 Å². The fourth-order valence-electron chi connectivity index (χ4n) is 1.48. The van der Waals surface area contributed by atoms with E-state index in [1.807, 2.05) is 6.92 Å². The molecule has 0 fully saturated rings. The highest BCUT2D eigenvalue weighted by Crippen LogP contribution is 2.19. The van der Waals surface area contributed by atoms with E-state index in [4.69, 9.17) is 0 Å². The SMILES string of the molecule is CCCNc1nccc(Nc2ccc(F)cc2F)n1. The Bertz CT molecular complexity index is 560. The fourth-order valence-corrected chi connectivity index (χ4v) is 1.48. The molecule has 0 atom stereocenters. The summed E-state index contributed by atoms with van der Waals surface area (Å²) in [6.07, 6.45) is 2.52. The van der Waals surface area contributed by atoms with Crippen LogP contribution in [0, 0.1) is 11.6 Å². The number of nitrogens with zero attached hydrogens (tertiary/aromatic N) is 2. The lowest BCUT2D eigenvalue weighted by Crippen LogP contribution is -2.05. The van der Waals surface area contributed by atoms with Crippen LogP contribution < -0.4 is 10.6 Å². The van der Waals surface area contributed by atoms with Crippen molar-refractivity contribution in [2.45, 2.75) is 13.3 Å². The number of benzene rings is 1. The van der Waals surface area contributed by atoms with Gasteiger partial charge in [0.2, 0.25) is 5.95 Å². The average Bonchev–Trinajstić information content (AvgIpc) is 2.40. The third kappa shape index (κ3) is 3.61. The van der Waals surface area contributed by atoms with Crippen LogP contribution in [-0.4, -0.2) is 16.5 Å². The van der Waals surface area contributed by atoms with Crippen LogP contribution in [0.5, 0.6) is 0 Å². The highest BCUT2D eigenvalue weighted by atomic mass is 19.1. The van der Waals surface area contributed by atoms with Crippen LogP contribution in [0.15, 0.2) is 30.5 Å². The molecule has 100 valence electrons. The zero-order chi connectivity index (χ0) is 13.7. The van der Waals surface area contributed by atoms with E-state index in [0.29, 0.717) is 11.8 Å². The van der Waals surface area contributed by atoms with Gasteiger partial charge in [0.25, 0.3) is 0 Å². The van der Waals surface area contributed by atoms with E-state index in [2.05, 4.69) is 20.6 Å². The van der Waals surface area contributed by atoms with Gasteiger partial charge in [-0.1, -0.05) is 6.92 Å². The minimum absolute atomic E-state index is 0.168. The van der Waals surface area contributed by atoms with Gasteiger partial charge < -0.3 is 10.6 Å². The summed E-state index contributed by atoms with van der Waals surface area (Å²) in [4.78, 5) is 8.21. The van der Waals surface area contributed by atoms with Crippen molar-refractivity contribution in [2.24, 2.45) is 0 Å². The minimum Gasteiger partial charge on any atom is -0.354 e. The molecule has 0 bridgehead atoms. The highest BCUT2D eigenvalue weighted by Gasteiger charge is 2.05. The highest BCUT2D eigenvalue weighted by molar-refractivity contribution is 5.57. The van der Waals surface area contributed by atoms with Crippen molar-refractivity contribution in [1.82, 2.24) is 9.97 Å². The molecule has 0 unspecified atom stereocenters. The fraction of sp³-hybridized carbons (Fsp3) is 0.231. The van der Waals surface area contributed by atoms with Crippen LogP contribution in [0.2, 0.25) is 0 Å². The summed E-state index contributed by atoms with van der Waals surface area (Å²) in [5.74, 6) is -0.369. The van der Waals surface area contributed by atoms with Gasteiger partial charge in [-0.15, -0.1) is 0 Å². The molecule has 2 rings (SSSR count). The van der Waals surface area contributed by atoms with Crippen molar-refractivity contribution in [3.63, 3.8) is 0 Å². The van der Waals surface area contributed by atoms with Crippen LogP contribution in [0.3, 0.4) is 0 Å². The standard InChI is InChI=1S/C13H14F2N4/c1-2-6-16-13-17-7-5-12(19-13)18-11-4-3-9(14)8-10(11)15/h3-5,7-8H,2,6H2,1H3,(H2,16,17,18,19). The number of hydrogen-bond acceptors (Lipinski definition) is 4. The van der Waals surface area contributed by atoms with Gasteiger partial charge in [-0.05, 0) is 24.6 Å². The second-order valence-electron chi connectivity index (χ2n) is 3.94. The molecular weight excluding hydrogens is 250 g/mol. The molecule has 1 heterocycles. The topological polar surface area (TPSA) is 49.8 Å². The molecular formula is C13H14F2N4. The number of hydrogen-bond donors (Lipinski definition) is 2. The smallest absolute Gasteiger partial charge is 0.224 e. The molecule has 0 aliphatic heterocycles. The van der Waals surface area contributed by atoms with E-state index >= 15 is 0 Å². The summed E-state index contributed by atoms with van der Waals surface area (Å²) in [6, 6.07) is 4.94. The van der Waals surface area contributed by atoms with E-state index in [1.54, 1.807) is 12.3 Å². The molecule has 1 aromatic heterocycles. The van der Waals surface area contributed by atoms with Crippen LogP contribution in [0.4, 0.5) is 26.2 Å². The number of nitrogens with one attached hydrogen (secondary N) is 2. The third-order valence-electron chi connectivity index (χ3n) is 2.38. The summed E-state index contributed by atoms with van der Waals surface area (Å²) in [5, 5.41) is 5.81. The minimum atomic E-state index is -0.665. The molecule has 0 saturated heterocycles. The van der Waals surface area contributed by atoms with E-state index < -0.39 is 11.6 Å². The van der Waals surface area contributed by atoms with Crippen molar-refractivity contribution in [3.05, 3.63) is 42.1 Å². The third-order valence-corrected chi connectivity index (χ3v) is 2.38. The lowest BCUT2D eigenvalue weighted by atomic mass is 10.3. The predicted octanol–water partition coefficient (Wildman–Crippen LogP) is 3.32. The Morgan fingerprint density at radius 2 is 2.05 bits per heavy atom. The second kappa shape index (κ2) is 6.08. The molecule has 0 aliphatic rings. The van der Waals surface area contributed by atoms with Gasteiger partial charge in [-0.2, -0.15) is 4.98 Å². The van der Waals surface area contributed by atoms with Crippen LogP contribution in [-0.2, 0) is 0 Å². The first kappa shape index (κ1) is 13.2. The molecule has 6 heteroatoms. The number of halogens is 2. The summed E-state index contributed by atoms with van der Waals surface area (Å²) in [5.41, 5.74) is 0.168. The summed E-state index contributed by atoms with van der Waals surface area (Å²) >= 11 is 0. The maximum Gasteiger partial charge on any atom is 0.224 e. The largest absolute Gasteiger partial charge is 0.354 e. The van der Waals surface area contributed by atoms with E-state index in [-0.39, 0.29) is 5.69 Å². The first-order valence-electron chi connectivity index (χ1n) is 5.98. The zero-order valence-electron chi connectivity index (χ0n) is 10.5. The molecule has 0 spiro atoms. The van der Waals surface area contributed by atoms with Crippen molar-refractivity contribution >= 4 is 17.5 Å². The maximum atomic E-state index is 13.5. The lowest BCUT2D eigenvalue weighted by molar-refractivity contribution is 0.586. The summed E-state index contributed by atoms with van der Waals surface area (Å²) < 4.78 is 26.3. The quantitative estimate of drug-likeness (QED) is 0.869. The average molecular weight is 264 g/mol. The molecule has 19 heavy (non-hydrogen) atoms. The number of rotatable bonds is 5. The van der Waals surface area contributed by atoms with E-state index in [9.17, 15) is 8.78 Å². The Kier molecular flexibility index (Phi) is 4.22. The Morgan fingerprint density at radius 3 is 2.79 bits per heavy atom. The van der Waals surface area contributed by atoms with Crippen molar-refractivity contribution in [3.8, 4) is 0 Å². The van der Waals surface area contributed by atoms with Gasteiger partial charge in [-0.3, -0.25) is 0 Å². The molecule has 0 amide bonds. The van der Waals surface area contributed by atoms with Crippen LogP contribution in [0.1, 0.15) is 13.3 Å². The first-order chi connectivity index (χ1) is 9.19. The van der Waals surface area contributed by atoms with Gasteiger partial charge in [0.15, 0.2) is 0 Å². The lowest BCUT2D eigenvalue weighted by Gasteiger charge is -2.08. The van der Waals surface area contributed by atoms with Crippen LogP contribution in [0.25, 0.3) is 0 Å². The Balaban J connectivity index is 2.14. The van der Waals surface area contributed by atoms with Gasteiger partial charge in [0.05, 0.1) is 5.69 Å². The molecule has 4 nitrogen and oxygen atoms in total. The van der Waals surface area contributed by atoms with Gasteiger partial charge in [0, 0.05) is 18.8 Å². The van der Waals surface area contributed by atoms with E-state index in [0.717, 1.165) is 19.0 Å². The zero-order valence-corrected chi connectivity index (χ0v) is 10.5. The van der Waals surface area contributed by atoms with Crippen molar-refractivity contribution in [1.29, 1.82) is 0 Å². The predicted molar refractivity (Wildman–Crippen MR) is 70.5 cm³/mol. The summed E-state index contributed by atoms with van der Waals surface area (Å²) in [6.45, 7) is 2.79. The van der Waals surface area contributed by atoms with Gasteiger partial charge in [-0.25, -0.2) is 13.8 Å². The maximum absolute atomic E-state index is 13.5. The molecule has 2 aromatic rings. The number of aromatic nitrogens is 2. The van der Waals surface area contributed by atoms with Gasteiger partial charge in [0.1, 0.15) is 17.5 Å². The van der Waals surface area contributed by atoms with Crippen molar-refractivity contribution < 1.29 is 8.78 Å². The van der Waals surface area contributed by atoms with Gasteiger partial charge >= 0.3 is 0 Å². The Hall–Kier alpha value is -2.24. The Morgan fingerprint density at radius 1 is 1.21 bits per heavy atom. The second-order valence-corrected chi connectivity index (χ2v) is 3.94. The monoisotopic (exact) mass is 264 g/mol.